The number of benzene rings is 1. The van der Waals surface area contributed by atoms with Gasteiger partial charge in [-0.25, -0.2) is 0 Å². The first-order valence-corrected chi connectivity index (χ1v) is 11.8. The predicted molar refractivity (Wildman–Crippen MR) is 129 cm³/mol. The Kier molecular flexibility index (Phi) is 8.15. The van der Waals surface area contributed by atoms with E-state index in [-0.39, 0.29) is 6.61 Å². The van der Waals surface area contributed by atoms with Crippen LogP contribution in [0.15, 0.2) is 65.3 Å². The summed E-state index contributed by atoms with van der Waals surface area (Å²) in [5.41, 5.74) is 2.55. The molecule has 1 atom stereocenters. The number of rotatable bonds is 10. The molecule has 0 saturated carbocycles. The molecule has 1 fully saturated rings. The quantitative estimate of drug-likeness (QED) is 0.502. The average Bonchev–Trinajstić information content (AvgIpc) is 3.31. The van der Waals surface area contributed by atoms with Crippen molar-refractivity contribution in [1.29, 1.82) is 0 Å². The molecule has 3 heterocycles. The number of methoxy groups -OCH3 is 1. The van der Waals surface area contributed by atoms with E-state index in [1.807, 2.05) is 36.7 Å². The van der Waals surface area contributed by atoms with E-state index in [0.29, 0.717) is 17.7 Å². The predicted octanol–water partition coefficient (Wildman–Crippen LogP) is 4.13. The lowest BCUT2D eigenvalue weighted by molar-refractivity contribution is 0.0915. The molecule has 1 N–H and O–H groups in total. The van der Waals surface area contributed by atoms with E-state index in [4.69, 9.17) is 9.15 Å². The zero-order valence-electron chi connectivity index (χ0n) is 19.7. The number of likely N-dealkylation sites (tertiary alicyclic amines) is 1. The molecule has 3 aromatic rings. The van der Waals surface area contributed by atoms with E-state index in [1.54, 1.807) is 7.11 Å². The van der Waals surface area contributed by atoms with Gasteiger partial charge < -0.3 is 14.3 Å². The largest absolute Gasteiger partial charge is 0.497 e. The summed E-state index contributed by atoms with van der Waals surface area (Å²) in [4.78, 5) is 9.25. The minimum atomic E-state index is -0.0444. The number of piperidine rings is 1. The minimum absolute atomic E-state index is 0.0444. The summed E-state index contributed by atoms with van der Waals surface area (Å²) in [7, 11) is 3.97. The number of hydrogen-bond acceptors (Lipinski definition) is 6. The van der Waals surface area contributed by atoms with Crippen LogP contribution in [0.25, 0.3) is 0 Å². The molecule has 6 heteroatoms. The fourth-order valence-electron chi connectivity index (χ4n) is 4.93. The van der Waals surface area contributed by atoms with Crippen LogP contribution < -0.4 is 4.74 Å². The summed E-state index contributed by atoms with van der Waals surface area (Å²) in [5.74, 6) is 3.09. The second kappa shape index (κ2) is 11.5. The number of hydrogen-bond donors (Lipinski definition) is 1. The van der Waals surface area contributed by atoms with Crippen molar-refractivity contribution < 1.29 is 14.3 Å². The number of nitrogens with zero attached hydrogens (tertiary/aromatic N) is 3. The minimum Gasteiger partial charge on any atom is -0.497 e. The highest BCUT2D eigenvalue weighted by Crippen LogP contribution is 2.29. The zero-order chi connectivity index (χ0) is 23.0. The average molecular weight is 450 g/mol. The molecule has 6 nitrogen and oxygen atoms in total. The van der Waals surface area contributed by atoms with Gasteiger partial charge in [-0.2, -0.15) is 0 Å². The summed E-state index contributed by atoms with van der Waals surface area (Å²) in [6.07, 6.45) is 7.09. The van der Waals surface area contributed by atoms with Crippen molar-refractivity contribution >= 4 is 0 Å². The first-order chi connectivity index (χ1) is 16.1. The van der Waals surface area contributed by atoms with Crippen molar-refractivity contribution in [2.45, 2.75) is 45.0 Å². The second-order valence-electron chi connectivity index (χ2n) is 9.04. The summed E-state index contributed by atoms with van der Waals surface area (Å²) in [5, 5.41) is 9.24. The molecule has 4 rings (SSSR count). The Morgan fingerprint density at radius 3 is 2.61 bits per heavy atom. The number of aromatic nitrogens is 1. The first-order valence-electron chi connectivity index (χ1n) is 11.8. The Labute approximate surface area is 196 Å². The standard InChI is InChI=1S/C27H35N3O3/c1-29(18-22-6-4-12-28-17-22)27(16-21-5-3-7-24(15-21)32-2)23-10-13-30(14-11-23)19-25-8-9-26(20-31)33-25/h3-9,12,15,17,23,27,31H,10-11,13-14,16,18-20H2,1-2H3. The Balaban J connectivity index is 1.43. The van der Waals surface area contributed by atoms with Gasteiger partial charge in [0, 0.05) is 25.0 Å². The van der Waals surface area contributed by atoms with Gasteiger partial charge in [-0.05, 0) is 86.8 Å². The van der Waals surface area contributed by atoms with E-state index in [1.165, 1.54) is 11.1 Å². The fourth-order valence-corrected chi connectivity index (χ4v) is 4.93. The van der Waals surface area contributed by atoms with E-state index < -0.39 is 0 Å². The van der Waals surface area contributed by atoms with Crippen molar-refractivity contribution in [3.05, 3.63) is 83.6 Å². The molecule has 1 aliphatic heterocycles. The summed E-state index contributed by atoms with van der Waals surface area (Å²) in [6.45, 7) is 3.75. The molecule has 33 heavy (non-hydrogen) atoms. The number of aliphatic hydroxyl groups excluding tert-OH is 1. The van der Waals surface area contributed by atoms with Crippen LogP contribution >= 0.6 is 0 Å². The molecule has 0 spiro atoms. The molecule has 0 amide bonds. The normalized spacial score (nSPS) is 16.2. The highest BCUT2D eigenvalue weighted by molar-refractivity contribution is 5.29. The molecule has 0 aliphatic carbocycles. The number of ether oxygens (including phenoxy) is 1. The van der Waals surface area contributed by atoms with Crippen LogP contribution in [0, 0.1) is 5.92 Å². The molecular weight excluding hydrogens is 414 g/mol. The summed E-state index contributed by atoms with van der Waals surface area (Å²) in [6, 6.07) is 16.9. The van der Waals surface area contributed by atoms with Crippen LogP contribution in [-0.2, 0) is 26.1 Å². The topological polar surface area (TPSA) is 62.0 Å². The maximum absolute atomic E-state index is 9.24. The molecular formula is C27H35N3O3. The molecule has 1 unspecified atom stereocenters. The lowest BCUT2D eigenvalue weighted by atomic mass is 9.84. The Morgan fingerprint density at radius 2 is 1.91 bits per heavy atom. The van der Waals surface area contributed by atoms with Gasteiger partial charge in [-0.1, -0.05) is 18.2 Å². The number of likely N-dealkylation sites (N-methyl/N-ethyl adjacent to an activating group) is 1. The fraction of sp³-hybridized carbons (Fsp3) is 0.444. The second-order valence-corrected chi connectivity index (χ2v) is 9.04. The Bertz CT molecular complexity index is 983. The van der Waals surface area contributed by atoms with Gasteiger partial charge in [-0.15, -0.1) is 0 Å². The first kappa shape index (κ1) is 23.5. The number of pyridine rings is 1. The van der Waals surface area contributed by atoms with E-state index in [9.17, 15) is 5.11 Å². The number of furan rings is 1. The van der Waals surface area contributed by atoms with Crippen LogP contribution in [0.5, 0.6) is 5.75 Å². The van der Waals surface area contributed by atoms with Gasteiger partial charge >= 0.3 is 0 Å². The van der Waals surface area contributed by atoms with E-state index >= 15 is 0 Å². The number of aliphatic hydroxyl groups is 1. The van der Waals surface area contributed by atoms with Crippen LogP contribution in [0.4, 0.5) is 0 Å². The Hall–Kier alpha value is -2.67. The van der Waals surface area contributed by atoms with Crippen LogP contribution in [0.2, 0.25) is 0 Å². The van der Waals surface area contributed by atoms with Gasteiger partial charge in [0.25, 0.3) is 0 Å². The van der Waals surface area contributed by atoms with Gasteiger partial charge in [0.1, 0.15) is 23.9 Å². The van der Waals surface area contributed by atoms with Gasteiger partial charge in [0.15, 0.2) is 0 Å². The SMILES string of the molecule is COc1cccc(CC(C2CCN(Cc3ccc(CO)o3)CC2)N(C)Cc2cccnc2)c1. The smallest absolute Gasteiger partial charge is 0.129 e. The Morgan fingerprint density at radius 1 is 1.12 bits per heavy atom. The monoisotopic (exact) mass is 449 g/mol. The van der Waals surface area contributed by atoms with E-state index in [2.05, 4.69) is 46.1 Å². The maximum Gasteiger partial charge on any atom is 0.129 e. The third-order valence-corrected chi connectivity index (χ3v) is 6.73. The molecule has 1 aliphatic rings. The molecule has 1 aromatic carbocycles. The third-order valence-electron chi connectivity index (χ3n) is 6.73. The van der Waals surface area contributed by atoms with Crippen molar-refractivity contribution in [3.63, 3.8) is 0 Å². The highest BCUT2D eigenvalue weighted by Gasteiger charge is 2.30. The maximum atomic E-state index is 9.24. The van der Waals surface area contributed by atoms with Gasteiger partial charge in [0.05, 0.1) is 13.7 Å². The molecule has 0 radical (unpaired) electrons. The molecule has 2 aromatic heterocycles. The summed E-state index contributed by atoms with van der Waals surface area (Å²) >= 11 is 0. The lowest BCUT2D eigenvalue weighted by Gasteiger charge is -2.40. The van der Waals surface area contributed by atoms with Crippen molar-refractivity contribution in [2.75, 3.05) is 27.2 Å². The van der Waals surface area contributed by atoms with Crippen LogP contribution in [0.3, 0.4) is 0 Å². The highest BCUT2D eigenvalue weighted by atomic mass is 16.5. The molecule has 176 valence electrons. The van der Waals surface area contributed by atoms with Gasteiger partial charge in [-0.3, -0.25) is 14.8 Å². The summed E-state index contributed by atoms with van der Waals surface area (Å²) < 4.78 is 11.2. The molecule has 0 bridgehead atoms. The molecule has 1 saturated heterocycles. The third kappa shape index (κ3) is 6.44. The van der Waals surface area contributed by atoms with Crippen molar-refractivity contribution in [3.8, 4) is 5.75 Å². The van der Waals surface area contributed by atoms with Gasteiger partial charge in [0.2, 0.25) is 0 Å². The van der Waals surface area contributed by atoms with Crippen LogP contribution in [0.1, 0.15) is 35.5 Å². The zero-order valence-corrected chi connectivity index (χ0v) is 19.7. The van der Waals surface area contributed by atoms with Crippen molar-refractivity contribution in [2.24, 2.45) is 5.92 Å². The lowest BCUT2D eigenvalue weighted by Crippen LogP contribution is -2.44. The van der Waals surface area contributed by atoms with Crippen molar-refractivity contribution in [1.82, 2.24) is 14.8 Å². The van der Waals surface area contributed by atoms with Crippen LogP contribution in [-0.4, -0.2) is 53.2 Å². The van der Waals surface area contributed by atoms with E-state index in [0.717, 1.165) is 57.0 Å².